The minimum Gasteiger partial charge on any atom is -0.438 e. The molecule has 0 aliphatic carbocycles. The van der Waals surface area contributed by atoms with Crippen molar-refractivity contribution >= 4 is 6.09 Å². The standard InChI is InChI=1S/C28H31FN2O3/c1-19-17-23(13-15-30-19)22-7-5-21(6-8-22)20(2)31-16-14-28(34-26(31)32,18-27(3,4)33)24-9-11-25(29)12-10-24/h5-13,15,17,20,33H,14,16,18H2,1-4H3. The van der Waals surface area contributed by atoms with Gasteiger partial charge in [0, 0.05) is 31.3 Å². The second-order valence-electron chi connectivity index (χ2n) is 9.79. The van der Waals surface area contributed by atoms with E-state index in [4.69, 9.17) is 4.74 Å². The molecule has 34 heavy (non-hydrogen) atoms. The number of carbonyl (C=O) groups excluding carboxylic acids is 1. The van der Waals surface area contributed by atoms with Gasteiger partial charge in [0.25, 0.3) is 0 Å². The van der Waals surface area contributed by atoms with Crippen molar-refractivity contribution in [3.8, 4) is 11.1 Å². The SMILES string of the molecule is Cc1cc(-c2ccc(C(C)N3CCC(CC(C)(C)O)(c4ccc(F)cc4)OC3=O)cc2)ccn1. The third-order valence-electron chi connectivity index (χ3n) is 6.45. The van der Waals surface area contributed by atoms with Crippen molar-refractivity contribution in [3.05, 3.63) is 89.5 Å². The Morgan fingerprint density at radius 2 is 1.79 bits per heavy atom. The van der Waals surface area contributed by atoms with E-state index in [-0.39, 0.29) is 18.3 Å². The smallest absolute Gasteiger partial charge is 0.411 e. The summed E-state index contributed by atoms with van der Waals surface area (Å²) in [5.41, 5.74) is 2.76. The van der Waals surface area contributed by atoms with Crippen molar-refractivity contribution in [2.45, 2.75) is 57.8 Å². The number of rotatable bonds is 6. The van der Waals surface area contributed by atoms with E-state index in [9.17, 15) is 14.3 Å². The van der Waals surface area contributed by atoms with Gasteiger partial charge in [0.05, 0.1) is 11.6 Å². The molecular weight excluding hydrogens is 431 g/mol. The van der Waals surface area contributed by atoms with Crippen molar-refractivity contribution in [2.75, 3.05) is 6.54 Å². The van der Waals surface area contributed by atoms with Crippen LogP contribution >= 0.6 is 0 Å². The summed E-state index contributed by atoms with van der Waals surface area (Å²) in [6.07, 6.45) is 2.07. The fourth-order valence-corrected chi connectivity index (χ4v) is 4.76. The Morgan fingerprint density at radius 3 is 2.38 bits per heavy atom. The molecule has 2 heterocycles. The predicted molar refractivity (Wildman–Crippen MR) is 130 cm³/mol. The number of halogens is 1. The quantitative estimate of drug-likeness (QED) is 0.477. The molecular formula is C28H31FN2O3. The highest BCUT2D eigenvalue weighted by Crippen LogP contribution is 2.42. The fraction of sp³-hybridized carbons (Fsp3) is 0.357. The minimum absolute atomic E-state index is 0.186. The second-order valence-corrected chi connectivity index (χ2v) is 9.79. The molecule has 2 aromatic carbocycles. The van der Waals surface area contributed by atoms with E-state index >= 15 is 0 Å². The zero-order valence-electron chi connectivity index (χ0n) is 20.1. The topological polar surface area (TPSA) is 62.7 Å². The third-order valence-corrected chi connectivity index (χ3v) is 6.45. The van der Waals surface area contributed by atoms with Crippen LogP contribution in [0.3, 0.4) is 0 Å². The Balaban J connectivity index is 1.54. The number of pyridine rings is 1. The van der Waals surface area contributed by atoms with E-state index in [1.54, 1.807) is 37.1 Å². The number of benzene rings is 2. The average molecular weight is 463 g/mol. The van der Waals surface area contributed by atoms with Crippen LogP contribution in [0, 0.1) is 12.7 Å². The summed E-state index contributed by atoms with van der Waals surface area (Å²) >= 11 is 0. The van der Waals surface area contributed by atoms with Crippen LogP contribution in [0.4, 0.5) is 9.18 Å². The van der Waals surface area contributed by atoms with Crippen LogP contribution in [-0.4, -0.2) is 33.2 Å². The van der Waals surface area contributed by atoms with Crippen LogP contribution in [0.5, 0.6) is 0 Å². The number of carbonyl (C=O) groups is 1. The molecule has 1 N–H and O–H groups in total. The first kappa shape index (κ1) is 23.9. The molecule has 2 unspecified atom stereocenters. The highest BCUT2D eigenvalue weighted by molar-refractivity contribution is 5.70. The van der Waals surface area contributed by atoms with Crippen LogP contribution in [0.1, 0.15) is 56.5 Å². The molecule has 0 saturated carbocycles. The number of hydrogen-bond donors (Lipinski definition) is 1. The summed E-state index contributed by atoms with van der Waals surface area (Å²) in [5, 5.41) is 10.5. The van der Waals surface area contributed by atoms with Gasteiger partial charge < -0.3 is 14.7 Å². The van der Waals surface area contributed by atoms with Crippen LogP contribution < -0.4 is 0 Å². The van der Waals surface area contributed by atoms with Gasteiger partial charge in [-0.2, -0.15) is 0 Å². The Hall–Kier alpha value is -3.25. The van der Waals surface area contributed by atoms with Gasteiger partial charge in [0.15, 0.2) is 0 Å². The number of hydrogen-bond acceptors (Lipinski definition) is 4. The molecule has 3 aromatic rings. The van der Waals surface area contributed by atoms with Crippen molar-refractivity contribution < 1.29 is 19.0 Å². The fourth-order valence-electron chi connectivity index (χ4n) is 4.76. The molecule has 1 saturated heterocycles. The Bertz CT molecular complexity index is 1160. The highest BCUT2D eigenvalue weighted by Gasteiger charge is 2.46. The number of aromatic nitrogens is 1. The number of aliphatic hydroxyl groups is 1. The Kier molecular flexibility index (Phi) is 6.45. The maximum Gasteiger partial charge on any atom is 0.411 e. The van der Waals surface area contributed by atoms with Crippen LogP contribution in [-0.2, 0) is 10.3 Å². The third kappa shape index (κ3) is 5.12. The van der Waals surface area contributed by atoms with Gasteiger partial charge in [-0.25, -0.2) is 9.18 Å². The van der Waals surface area contributed by atoms with Crippen LogP contribution in [0.25, 0.3) is 11.1 Å². The summed E-state index contributed by atoms with van der Waals surface area (Å²) in [6, 6.07) is 18.0. The van der Waals surface area contributed by atoms with E-state index in [0.717, 1.165) is 22.4 Å². The Morgan fingerprint density at radius 1 is 1.12 bits per heavy atom. The normalized spacial score (nSPS) is 19.6. The summed E-state index contributed by atoms with van der Waals surface area (Å²) in [5.74, 6) is -0.357. The molecule has 1 aliphatic rings. The first-order chi connectivity index (χ1) is 16.1. The first-order valence-corrected chi connectivity index (χ1v) is 11.6. The van der Waals surface area contributed by atoms with Crippen molar-refractivity contribution in [1.82, 2.24) is 9.88 Å². The summed E-state index contributed by atoms with van der Waals surface area (Å²) in [4.78, 5) is 19.2. The maximum atomic E-state index is 13.5. The van der Waals surface area contributed by atoms with Gasteiger partial charge in [-0.1, -0.05) is 36.4 Å². The number of ether oxygens (including phenoxy) is 1. The summed E-state index contributed by atoms with van der Waals surface area (Å²) in [6.45, 7) is 7.78. The molecule has 1 amide bonds. The minimum atomic E-state index is -1.07. The molecule has 5 nitrogen and oxygen atoms in total. The molecule has 1 fully saturated rings. The molecule has 0 bridgehead atoms. The number of aryl methyl sites for hydroxylation is 1. The van der Waals surface area contributed by atoms with Crippen molar-refractivity contribution in [2.24, 2.45) is 0 Å². The van der Waals surface area contributed by atoms with Gasteiger partial charge in [-0.3, -0.25) is 4.98 Å². The van der Waals surface area contributed by atoms with Gasteiger partial charge in [0.2, 0.25) is 0 Å². The van der Waals surface area contributed by atoms with E-state index in [1.165, 1.54) is 12.1 Å². The van der Waals surface area contributed by atoms with Crippen molar-refractivity contribution in [1.29, 1.82) is 0 Å². The molecule has 4 rings (SSSR count). The number of amides is 1. The largest absolute Gasteiger partial charge is 0.438 e. The van der Waals surface area contributed by atoms with E-state index in [2.05, 4.69) is 4.98 Å². The van der Waals surface area contributed by atoms with E-state index in [1.807, 2.05) is 50.2 Å². The molecule has 1 aliphatic heterocycles. The first-order valence-electron chi connectivity index (χ1n) is 11.6. The van der Waals surface area contributed by atoms with Gasteiger partial charge in [-0.05, 0) is 74.2 Å². The molecule has 2 atom stereocenters. The lowest BCUT2D eigenvalue weighted by atomic mass is 9.80. The van der Waals surface area contributed by atoms with Gasteiger partial charge >= 0.3 is 6.09 Å². The lowest BCUT2D eigenvalue weighted by molar-refractivity contribution is -0.101. The summed E-state index contributed by atoms with van der Waals surface area (Å²) in [7, 11) is 0. The monoisotopic (exact) mass is 462 g/mol. The molecule has 1 aromatic heterocycles. The van der Waals surface area contributed by atoms with E-state index in [0.29, 0.717) is 18.5 Å². The lowest BCUT2D eigenvalue weighted by Crippen LogP contribution is -2.51. The summed E-state index contributed by atoms with van der Waals surface area (Å²) < 4.78 is 19.6. The zero-order valence-corrected chi connectivity index (χ0v) is 20.1. The van der Waals surface area contributed by atoms with Gasteiger partial charge in [-0.15, -0.1) is 0 Å². The highest BCUT2D eigenvalue weighted by atomic mass is 19.1. The molecule has 6 heteroatoms. The molecule has 0 spiro atoms. The second kappa shape index (κ2) is 9.18. The number of nitrogens with zero attached hydrogens (tertiary/aromatic N) is 2. The molecule has 0 radical (unpaired) electrons. The van der Waals surface area contributed by atoms with Crippen molar-refractivity contribution in [3.63, 3.8) is 0 Å². The van der Waals surface area contributed by atoms with Crippen LogP contribution in [0.2, 0.25) is 0 Å². The average Bonchev–Trinajstić information content (AvgIpc) is 2.78. The molecule has 178 valence electrons. The maximum absolute atomic E-state index is 13.5. The predicted octanol–water partition coefficient (Wildman–Crippen LogP) is 6.16. The lowest BCUT2D eigenvalue weighted by Gasteiger charge is -2.45. The van der Waals surface area contributed by atoms with Gasteiger partial charge in [0.1, 0.15) is 11.4 Å². The Labute approximate surface area is 200 Å². The van der Waals surface area contributed by atoms with Crippen LogP contribution in [0.15, 0.2) is 66.9 Å². The van der Waals surface area contributed by atoms with E-state index < -0.39 is 17.3 Å². The zero-order chi connectivity index (χ0) is 24.5. The number of cyclic esters (lactones) is 1.